The molecule has 1 fully saturated rings. The van der Waals surface area contributed by atoms with Gasteiger partial charge in [-0.15, -0.1) is 0 Å². The molecule has 0 radical (unpaired) electrons. The topological polar surface area (TPSA) is 93.1 Å². The average Bonchev–Trinajstić information content (AvgIpc) is 3.42. The third kappa shape index (κ3) is 4.02. The van der Waals surface area contributed by atoms with Gasteiger partial charge in [0.25, 0.3) is 5.22 Å². The van der Waals surface area contributed by atoms with Gasteiger partial charge in [0.2, 0.25) is 5.91 Å². The molecule has 0 aliphatic carbocycles. The summed E-state index contributed by atoms with van der Waals surface area (Å²) in [5, 5.41) is 13.0. The zero-order valence-corrected chi connectivity index (χ0v) is 17.2. The second-order valence-electron chi connectivity index (χ2n) is 7.08. The van der Waals surface area contributed by atoms with Crippen LogP contribution in [0.15, 0.2) is 33.9 Å². The summed E-state index contributed by atoms with van der Waals surface area (Å²) >= 11 is 1.23. The van der Waals surface area contributed by atoms with E-state index in [4.69, 9.17) is 9.15 Å². The molecule has 0 saturated carbocycles. The molecule has 0 bridgehead atoms. The van der Waals surface area contributed by atoms with Crippen LogP contribution in [0, 0.1) is 25.2 Å². The summed E-state index contributed by atoms with van der Waals surface area (Å²) in [5.74, 6) is 0.474. The van der Waals surface area contributed by atoms with E-state index in [0.717, 1.165) is 36.2 Å². The Labute approximate surface area is 173 Å². The smallest absolute Gasteiger partial charge is 0.257 e. The number of rotatable bonds is 6. The summed E-state index contributed by atoms with van der Waals surface area (Å²) in [4.78, 5) is 17.0. The normalized spacial score (nSPS) is 16.2. The molecule has 8 heteroatoms. The number of amides is 1. The predicted octanol–water partition coefficient (Wildman–Crippen LogP) is 4.03. The lowest BCUT2D eigenvalue weighted by molar-refractivity contribution is -0.113. The number of carbonyl (C=O) groups excluding carboxylic acids is 1. The van der Waals surface area contributed by atoms with Gasteiger partial charge in [0.1, 0.15) is 17.4 Å². The summed E-state index contributed by atoms with van der Waals surface area (Å²) < 4.78 is 13.4. The number of ether oxygens (including phenoxy) is 1. The van der Waals surface area contributed by atoms with Crippen molar-refractivity contribution in [1.82, 2.24) is 9.55 Å². The highest BCUT2D eigenvalue weighted by Gasteiger charge is 2.24. The van der Waals surface area contributed by atoms with Crippen LogP contribution < -0.4 is 5.32 Å². The number of nitrogens with zero attached hydrogens (tertiary/aromatic N) is 3. The lowest BCUT2D eigenvalue weighted by atomic mass is 10.2. The van der Waals surface area contributed by atoms with Crippen LogP contribution in [0.25, 0.3) is 11.1 Å². The molecule has 1 amide bonds. The van der Waals surface area contributed by atoms with Crippen LogP contribution >= 0.6 is 11.8 Å². The molecule has 1 aliphatic rings. The Bertz CT molecular complexity index is 1060. The largest absolute Gasteiger partial charge is 0.431 e. The van der Waals surface area contributed by atoms with Crippen LogP contribution in [0.3, 0.4) is 0 Å². The monoisotopic (exact) mass is 410 g/mol. The molecule has 150 valence electrons. The number of thioether (sulfide) groups is 1. The summed E-state index contributed by atoms with van der Waals surface area (Å²) in [5.41, 5.74) is 3.81. The van der Waals surface area contributed by atoms with Crippen molar-refractivity contribution in [2.24, 2.45) is 0 Å². The molecule has 4 rings (SSSR count). The van der Waals surface area contributed by atoms with Gasteiger partial charge in [0.05, 0.1) is 24.0 Å². The Kier molecular flexibility index (Phi) is 5.60. The van der Waals surface area contributed by atoms with E-state index in [1.165, 1.54) is 11.8 Å². The first-order valence-corrected chi connectivity index (χ1v) is 10.5. The average molecular weight is 410 g/mol. The van der Waals surface area contributed by atoms with E-state index in [9.17, 15) is 10.1 Å². The number of para-hydroxylation sites is 2. The van der Waals surface area contributed by atoms with Crippen molar-refractivity contribution in [2.75, 3.05) is 17.7 Å². The van der Waals surface area contributed by atoms with Crippen LogP contribution in [0.2, 0.25) is 0 Å². The SMILES string of the molecule is Cc1c(C#N)c(NC(=O)CSc2nc3ccccc3o2)n(CC2CCCO2)c1C. The number of benzene rings is 1. The summed E-state index contributed by atoms with van der Waals surface area (Å²) in [6.45, 7) is 5.26. The number of fused-ring (bicyclic) bond motifs is 1. The highest BCUT2D eigenvalue weighted by molar-refractivity contribution is 7.99. The first kappa shape index (κ1) is 19.6. The number of oxazole rings is 1. The minimum atomic E-state index is -0.208. The predicted molar refractivity (Wildman–Crippen MR) is 111 cm³/mol. The van der Waals surface area contributed by atoms with Crippen LogP contribution in [-0.4, -0.2) is 33.9 Å². The zero-order valence-electron chi connectivity index (χ0n) is 16.4. The molecule has 1 unspecified atom stereocenters. The fourth-order valence-corrected chi connectivity index (χ4v) is 4.20. The van der Waals surface area contributed by atoms with Crippen molar-refractivity contribution < 1.29 is 13.9 Å². The Morgan fingerprint density at radius 2 is 2.24 bits per heavy atom. The molecular formula is C21H22N4O3S. The second-order valence-corrected chi connectivity index (χ2v) is 8.00. The van der Waals surface area contributed by atoms with Gasteiger partial charge < -0.3 is 19.0 Å². The third-order valence-electron chi connectivity index (χ3n) is 5.21. The molecule has 0 spiro atoms. The van der Waals surface area contributed by atoms with Crippen molar-refractivity contribution in [1.29, 1.82) is 5.26 Å². The number of anilines is 1. The molecule has 3 aromatic rings. The Morgan fingerprint density at radius 1 is 1.41 bits per heavy atom. The van der Waals surface area contributed by atoms with Gasteiger partial charge in [-0.05, 0) is 44.4 Å². The van der Waals surface area contributed by atoms with Gasteiger partial charge in [-0.3, -0.25) is 4.79 Å². The number of aromatic nitrogens is 2. The van der Waals surface area contributed by atoms with Crippen molar-refractivity contribution in [3.63, 3.8) is 0 Å². The van der Waals surface area contributed by atoms with Gasteiger partial charge >= 0.3 is 0 Å². The zero-order chi connectivity index (χ0) is 20.4. The first-order valence-electron chi connectivity index (χ1n) is 9.56. The van der Waals surface area contributed by atoms with E-state index in [1.54, 1.807) is 0 Å². The standard InChI is InChI=1S/C21H22N4O3S/c1-13-14(2)25(11-15-6-5-9-27-15)20(16(13)10-22)24-19(26)12-29-21-23-17-7-3-4-8-18(17)28-21/h3-4,7-8,15H,5-6,9,11-12H2,1-2H3,(H,24,26). The highest BCUT2D eigenvalue weighted by Crippen LogP contribution is 2.29. The van der Waals surface area contributed by atoms with E-state index < -0.39 is 0 Å². The minimum absolute atomic E-state index is 0.108. The number of nitriles is 1. The van der Waals surface area contributed by atoms with Crippen molar-refractivity contribution in [3.8, 4) is 6.07 Å². The van der Waals surface area contributed by atoms with Gasteiger partial charge in [0, 0.05) is 12.3 Å². The van der Waals surface area contributed by atoms with Crippen LogP contribution in [0.5, 0.6) is 0 Å². The van der Waals surface area contributed by atoms with Gasteiger partial charge in [0.15, 0.2) is 5.58 Å². The molecule has 3 heterocycles. The lowest BCUT2D eigenvalue weighted by Crippen LogP contribution is -2.22. The van der Waals surface area contributed by atoms with Crippen molar-refractivity contribution >= 4 is 34.6 Å². The maximum atomic E-state index is 12.6. The second kappa shape index (κ2) is 8.31. The van der Waals surface area contributed by atoms with Gasteiger partial charge in [-0.25, -0.2) is 4.98 Å². The molecule has 1 saturated heterocycles. The number of hydrogen-bond acceptors (Lipinski definition) is 6. The highest BCUT2D eigenvalue weighted by atomic mass is 32.2. The minimum Gasteiger partial charge on any atom is -0.431 e. The fraction of sp³-hybridized carbons (Fsp3) is 0.381. The van der Waals surface area contributed by atoms with Gasteiger partial charge in [-0.2, -0.15) is 5.26 Å². The summed E-state index contributed by atoms with van der Waals surface area (Å²) in [6.07, 6.45) is 2.13. The molecule has 1 aromatic carbocycles. The molecule has 7 nitrogen and oxygen atoms in total. The Balaban J connectivity index is 1.49. The summed E-state index contributed by atoms with van der Waals surface area (Å²) in [6, 6.07) is 9.71. The van der Waals surface area contributed by atoms with E-state index in [-0.39, 0.29) is 17.8 Å². The van der Waals surface area contributed by atoms with Crippen LogP contribution in [0.4, 0.5) is 5.82 Å². The quantitative estimate of drug-likeness (QED) is 0.617. The third-order valence-corrected chi connectivity index (χ3v) is 6.04. The molecule has 1 atom stereocenters. The van der Waals surface area contributed by atoms with E-state index in [0.29, 0.717) is 28.7 Å². The van der Waals surface area contributed by atoms with Crippen molar-refractivity contribution in [3.05, 3.63) is 41.1 Å². The van der Waals surface area contributed by atoms with Gasteiger partial charge in [-0.1, -0.05) is 23.9 Å². The Hall–Kier alpha value is -2.76. The molecule has 1 N–H and O–H groups in total. The van der Waals surface area contributed by atoms with Crippen molar-refractivity contribution in [2.45, 2.75) is 44.6 Å². The van der Waals surface area contributed by atoms with E-state index >= 15 is 0 Å². The fourth-order valence-electron chi connectivity index (χ4n) is 3.56. The van der Waals surface area contributed by atoms with Crippen LogP contribution in [-0.2, 0) is 16.1 Å². The maximum absolute atomic E-state index is 12.6. The van der Waals surface area contributed by atoms with Crippen LogP contribution in [0.1, 0.15) is 29.7 Å². The molecule has 29 heavy (non-hydrogen) atoms. The lowest BCUT2D eigenvalue weighted by Gasteiger charge is -2.16. The number of carbonyl (C=O) groups is 1. The Morgan fingerprint density at radius 3 is 2.97 bits per heavy atom. The molecule has 2 aromatic heterocycles. The maximum Gasteiger partial charge on any atom is 0.257 e. The number of nitrogens with one attached hydrogen (secondary N) is 1. The molecular weight excluding hydrogens is 388 g/mol. The van der Waals surface area contributed by atoms with E-state index in [1.807, 2.05) is 42.7 Å². The van der Waals surface area contributed by atoms with E-state index in [2.05, 4.69) is 16.4 Å². The summed E-state index contributed by atoms with van der Waals surface area (Å²) in [7, 11) is 0. The number of hydrogen-bond donors (Lipinski definition) is 1. The first-order chi connectivity index (χ1) is 14.1. The molecule has 1 aliphatic heterocycles.